The highest BCUT2D eigenvalue weighted by Crippen LogP contribution is 2.30. The van der Waals surface area contributed by atoms with Crippen LogP contribution < -0.4 is 14.5 Å². The van der Waals surface area contributed by atoms with Crippen molar-refractivity contribution in [2.45, 2.75) is 19.8 Å². The third kappa shape index (κ3) is 3.96. The maximum absolute atomic E-state index is 13.0. The summed E-state index contributed by atoms with van der Waals surface area (Å²) < 4.78 is 5.70. The second-order valence-corrected chi connectivity index (χ2v) is 7.27. The molecule has 0 atom stereocenters. The summed E-state index contributed by atoms with van der Waals surface area (Å²) in [5.74, 6) is 1.71. The maximum atomic E-state index is 13.0. The molecular weight excluding hydrogens is 380 g/mol. The van der Waals surface area contributed by atoms with Crippen molar-refractivity contribution in [1.82, 2.24) is 9.97 Å². The number of ether oxygens (including phenoxy) is 1. The number of fused-ring (bicyclic) bond motifs is 2. The zero-order valence-electron chi connectivity index (χ0n) is 17.2. The number of nitrogens with zero attached hydrogens (tertiary/aromatic N) is 4. The third-order valence-electron chi connectivity index (χ3n) is 5.19. The van der Waals surface area contributed by atoms with Gasteiger partial charge in [0.25, 0.3) is 5.91 Å². The van der Waals surface area contributed by atoms with Crippen LogP contribution in [0.2, 0.25) is 0 Å². The number of aromatic nitrogens is 2. The fraction of sp³-hybridized carbons (Fsp3) is 0.304. The van der Waals surface area contributed by atoms with Crippen LogP contribution in [0.25, 0.3) is 11.0 Å². The van der Waals surface area contributed by atoms with Gasteiger partial charge < -0.3 is 9.64 Å². The lowest BCUT2D eigenvalue weighted by Gasteiger charge is -2.23. The summed E-state index contributed by atoms with van der Waals surface area (Å²) in [6.07, 6.45) is 1.27. The van der Waals surface area contributed by atoms with Gasteiger partial charge >= 0.3 is 0 Å². The minimum atomic E-state index is -0.176. The summed E-state index contributed by atoms with van der Waals surface area (Å²) >= 11 is 0. The van der Waals surface area contributed by atoms with Crippen LogP contribution in [-0.4, -0.2) is 48.4 Å². The first-order chi connectivity index (χ1) is 14.6. The topological polar surface area (TPSA) is 75.6 Å². The molecule has 3 aromatic rings. The summed E-state index contributed by atoms with van der Waals surface area (Å²) in [7, 11) is 1.96. The molecule has 0 bridgehead atoms. The minimum absolute atomic E-state index is 0.0775. The maximum Gasteiger partial charge on any atom is 0.266 e. The summed E-state index contributed by atoms with van der Waals surface area (Å²) in [5.41, 5.74) is 2.19. The number of hydrogen-bond donors (Lipinski definition) is 0. The number of amides is 1. The summed E-state index contributed by atoms with van der Waals surface area (Å²) in [6, 6.07) is 14.5. The van der Waals surface area contributed by atoms with E-state index in [4.69, 9.17) is 14.7 Å². The number of carbonyl (C=O) groups is 2. The first-order valence-corrected chi connectivity index (χ1v) is 10.1. The first kappa shape index (κ1) is 19.8. The molecule has 7 heteroatoms. The van der Waals surface area contributed by atoms with Gasteiger partial charge in [-0.2, -0.15) is 0 Å². The zero-order valence-corrected chi connectivity index (χ0v) is 17.2. The van der Waals surface area contributed by atoms with Crippen LogP contribution in [-0.2, 0) is 4.79 Å². The van der Waals surface area contributed by atoms with Gasteiger partial charge in [0, 0.05) is 32.1 Å². The van der Waals surface area contributed by atoms with Crippen LogP contribution in [0.5, 0.6) is 5.75 Å². The van der Waals surface area contributed by atoms with Crippen molar-refractivity contribution in [2.24, 2.45) is 0 Å². The predicted molar refractivity (Wildman–Crippen MR) is 116 cm³/mol. The highest BCUT2D eigenvalue weighted by Gasteiger charge is 2.27. The molecule has 154 valence electrons. The SMILES string of the molecule is CCC(=O)c1ccc(OCC(=O)N2CCCN(C)c3nc4ccccc4nc32)cc1. The van der Waals surface area contributed by atoms with E-state index in [0.29, 0.717) is 35.9 Å². The molecule has 1 aromatic heterocycles. The number of hydrogen-bond acceptors (Lipinski definition) is 6. The standard InChI is InChI=1S/C23H24N4O3/c1-3-20(28)16-9-11-17(12-10-16)30-15-21(29)27-14-6-13-26(2)22-23(27)25-19-8-5-4-7-18(19)24-22/h4-5,7-12H,3,6,13-15H2,1-2H3. The number of benzene rings is 2. The highest BCUT2D eigenvalue weighted by atomic mass is 16.5. The van der Waals surface area contributed by atoms with E-state index in [2.05, 4.69) is 0 Å². The van der Waals surface area contributed by atoms with Crippen molar-refractivity contribution in [3.63, 3.8) is 0 Å². The van der Waals surface area contributed by atoms with E-state index in [9.17, 15) is 9.59 Å². The average Bonchev–Trinajstić information content (AvgIpc) is 2.94. The molecule has 0 saturated carbocycles. The Morgan fingerprint density at radius 1 is 0.967 bits per heavy atom. The van der Waals surface area contributed by atoms with E-state index < -0.39 is 0 Å². The van der Waals surface area contributed by atoms with Crippen molar-refractivity contribution in [3.05, 3.63) is 54.1 Å². The van der Waals surface area contributed by atoms with Gasteiger partial charge in [-0.1, -0.05) is 19.1 Å². The lowest BCUT2D eigenvalue weighted by molar-refractivity contribution is -0.120. The van der Waals surface area contributed by atoms with Gasteiger partial charge in [0.1, 0.15) is 5.75 Å². The van der Waals surface area contributed by atoms with E-state index in [1.807, 2.05) is 43.1 Å². The van der Waals surface area contributed by atoms with E-state index in [0.717, 1.165) is 24.0 Å². The molecule has 0 fully saturated rings. The number of ketones is 1. The number of para-hydroxylation sites is 2. The van der Waals surface area contributed by atoms with Crippen molar-refractivity contribution < 1.29 is 14.3 Å². The molecule has 0 aliphatic carbocycles. The van der Waals surface area contributed by atoms with Crippen LogP contribution in [0.3, 0.4) is 0 Å². The predicted octanol–water partition coefficient (Wildman–Crippen LogP) is 3.47. The molecule has 0 saturated heterocycles. The fourth-order valence-electron chi connectivity index (χ4n) is 3.50. The van der Waals surface area contributed by atoms with Crippen LogP contribution in [0, 0.1) is 0 Å². The molecule has 4 rings (SSSR count). The van der Waals surface area contributed by atoms with Crippen LogP contribution in [0.4, 0.5) is 11.6 Å². The number of Topliss-reactive ketones (excluding diaryl/α,β-unsaturated/α-hetero) is 1. The molecule has 0 radical (unpaired) electrons. The largest absolute Gasteiger partial charge is 0.484 e. The summed E-state index contributed by atoms with van der Waals surface area (Å²) in [5, 5.41) is 0. The Labute approximate surface area is 175 Å². The lowest BCUT2D eigenvalue weighted by Crippen LogP contribution is -2.36. The van der Waals surface area contributed by atoms with E-state index in [-0.39, 0.29) is 18.3 Å². The Bertz CT molecular complexity index is 1080. The van der Waals surface area contributed by atoms with Crippen molar-refractivity contribution in [2.75, 3.05) is 36.5 Å². The molecular formula is C23H24N4O3. The molecule has 2 heterocycles. The first-order valence-electron chi connectivity index (χ1n) is 10.1. The average molecular weight is 404 g/mol. The molecule has 1 aliphatic heterocycles. The second-order valence-electron chi connectivity index (χ2n) is 7.27. The fourth-order valence-corrected chi connectivity index (χ4v) is 3.50. The Morgan fingerprint density at radius 3 is 2.30 bits per heavy atom. The Balaban J connectivity index is 1.54. The van der Waals surface area contributed by atoms with Gasteiger partial charge in [0.05, 0.1) is 11.0 Å². The lowest BCUT2D eigenvalue weighted by atomic mass is 10.1. The molecule has 1 amide bonds. The third-order valence-corrected chi connectivity index (χ3v) is 5.19. The van der Waals surface area contributed by atoms with Crippen LogP contribution in [0.1, 0.15) is 30.1 Å². The molecule has 30 heavy (non-hydrogen) atoms. The summed E-state index contributed by atoms with van der Waals surface area (Å²) in [4.78, 5) is 37.9. The van der Waals surface area contributed by atoms with Crippen LogP contribution in [0.15, 0.2) is 48.5 Å². The van der Waals surface area contributed by atoms with E-state index >= 15 is 0 Å². The molecule has 1 aliphatic rings. The van der Waals surface area contributed by atoms with Crippen LogP contribution >= 0.6 is 0 Å². The van der Waals surface area contributed by atoms with Gasteiger partial charge in [-0.05, 0) is 42.8 Å². The van der Waals surface area contributed by atoms with Gasteiger partial charge in [-0.25, -0.2) is 9.97 Å². The number of carbonyl (C=O) groups excluding carboxylic acids is 2. The molecule has 7 nitrogen and oxygen atoms in total. The van der Waals surface area contributed by atoms with Crippen molar-refractivity contribution in [1.29, 1.82) is 0 Å². The molecule has 2 aromatic carbocycles. The van der Waals surface area contributed by atoms with Crippen molar-refractivity contribution >= 4 is 34.4 Å². The smallest absolute Gasteiger partial charge is 0.266 e. The van der Waals surface area contributed by atoms with Gasteiger partial charge in [-0.15, -0.1) is 0 Å². The quantitative estimate of drug-likeness (QED) is 0.606. The zero-order chi connectivity index (χ0) is 21.1. The van der Waals surface area contributed by atoms with Gasteiger partial charge in [0.15, 0.2) is 24.0 Å². The second kappa shape index (κ2) is 8.49. The summed E-state index contributed by atoms with van der Waals surface area (Å²) in [6.45, 7) is 3.06. The normalized spacial score (nSPS) is 13.7. The molecule has 0 N–H and O–H groups in total. The van der Waals surface area contributed by atoms with Gasteiger partial charge in [0.2, 0.25) is 0 Å². The molecule has 0 unspecified atom stereocenters. The van der Waals surface area contributed by atoms with E-state index in [1.165, 1.54) is 0 Å². The Morgan fingerprint density at radius 2 is 1.63 bits per heavy atom. The highest BCUT2D eigenvalue weighted by molar-refractivity contribution is 5.98. The van der Waals surface area contributed by atoms with E-state index in [1.54, 1.807) is 29.2 Å². The molecule has 0 spiro atoms. The van der Waals surface area contributed by atoms with Gasteiger partial charge in [-0.3, -0.25) is 14.5 Å². The number of anilines is 2. The monoisotopic (exact) mass is 404 g/mol. The van der Waals surface area contributed by atoms with Crippen molar-refractivity contribution in [3.8, 4) is 5.75 Å². The number of rotatable bonds is 5. The Kier molecular flexibility index (Phi) is 5.61. The Hall–Kier alpha value is -3.48. The minimum Gasteiger partial charge on any atom is -0.484 e.